The summed E-state index contributed by atoms with van der Waals surface area (Å²) in [6.07, 6.45) is 0. The molecule has 9 heteroatoms. The molecule has 3 aromatic carbocycles. The Hall–Kier alpha value is -4.40. The van der Waals surface area contributed by atoms with Crippen molar-refractivity contribution in [3.8, 4) is 0 Å². The number of nitro groups is 2. The molecule has 148 valence electrons. The second kappa shape index (κ2) is 7.55. The second-order valence-electron chi connectivity index (χ2n) is 6.59. The summed E-state index contributed by atoms with van der Waals surface area (Å²) in [5.41, 5.74) is 2.22. The van der Waals surface area contributed by atoms with Crippen LogP contribution in [0.5, 0.6) is 0 Å². The highest BCUT2D eigenvalue weighted by molar-refractivity contribution is 6.24. The van der Waals surface area contributed by atoms with E-state index in [1.54, 1.807) is 24.3 Å². The quantitative estimate of drug-likeness (QED) is 0.385. The van der Waals surface area contributed by atoms with Crippen LogP contribution in [0.2, 0.25) is 0 Å². The van der Waals surface area contributed by atoms with E-state index in [1.807, 2.05) is 6.07 Å². The number of benzene rings is 3. The van der Waals surface area contributed by atoms with Gasteiger partial charge in [-0.3, -0.25) is 30.0 Å². The van der Waals surface area contributed by atoms with Crippen LogP contribution in [0.4, 0.5) is 22.7 Å². The third-order valence-corrected chi connectivity index (χ3v) is 4.73. The lowest BCUT2D eigenvalue weighted by Crippen LogP contribution is -2.22. The van der Waals surface area contributed by atoms with E-state index in [9.17, 15) is 25.0 Å². The minimum atomic E-state index is -0.863. The first kappa shape index (κ1) is 18.9. The smallest absolute Gasteiger partial charge is 0.269 e. The van der Waals surface area contributed by atoms with E-state index < -0.39 is 15.8 Å². The van der Waals surface area contributed by atoms with E-state index in [0.717, 1.165) is 0 Å². The van der Waals surface area contributed by atoms with Gasteiger partial charge in [0.05, 0.1) is 21.2 Å². The highest BCUT2D eigenvalue weighted by Crippen LogP contribution is 2.38. The minimum Gasteiger partial charge on any atom is -0.325 e. The zero-order chi connectivity index (χ0) is 21.3. The number of amides is 1. The van der Waals surface area contributed by atoms with Crippen molar-refractivity contribution in [2.24, 2.45) is 4.99 Å². The van der Waals surface area contributed by atoms with Gasteiger partial charge in [-0.25, -0.2) is 0 Å². The van der Waals surface area contributed by atoms with Gasteiger partial charge in [-0.1, -0.05) is 30.3 Å². The van der Waals surface area contributed by atoms with Crippen LogP contribution in [0.25, 0.3) is 0 Å². The molecule has 0 aromatic heterocycles. The third kappa shape index (κ3) is 3.51. The maximum atomic E-state index is 12.8. The van der Waals surface area contributed by atoms with E-state index in [-0.39, 0.29) is 17.3 Å². The van der Waals surface area contributed by atoms with Gasteiger partial charge in [0.15, 0.2) is 0 Å². The molecule has 0 fully saturated rings. The summed E-state index contributed by atoms with van der Waals surface area (Å²) in [6, 6.07) is 18.8. The van der Waals surface area contributed by atoms with Crippen molar-refractivity contribution in [2.45, 2.75) is 5.92 Å². The van der Waals surface area contributed by atoms with Crippen LogP contribution >= 0.6 is 0 Å². The first-order valence-corrected chi connectivity index (χ1v) is 8.91. The van der Waals surface area contributed by atoms with Gasteiger partial charge in [0.25, 0.3) is 11.4 Å². The highest BCUT2D eigenvalue weighted by Gasteiger charge is 2.36. The van der Waals surface area contributed by atoms with Crippen molar-refractivity contribution in [1.82, 2.24) is 0 Å². The van der Waals surface area contributed by atoms with Crippen molar-refractivity contribution in [2.75, 3.05) is 5.32 Å². The normalized spacial score (nSPS) is 15.4. The summed E-state index contributed by atoms with van der Waals surface area (Å²) in [5, 5.41) is 24.9. The summed E-state index contributed by atoms with van der Waals surface area (Å²) >= 11 is 0. The summed E-state index contributed by atoms with van der Waals surface area (Å²) in [7, 11) is 0. The first-order chi connectivity index (χ1) is 14.4. The SMILES string of the molecule is O=C1Nc2ccc([N+](=O)[O-])cc2C1C(=Nc1ccc([N+](=O)[O-])cc1)c1ccccc1. The molecule has 1 unspecified atom stereocenters. The van der Waals surface area contributed by atoms with E-state index in [0.29, 0.717) is 28.2 Å². The van der Waals surface area contributed by atoms with Crippen molar-refractivity contribution in [3.05, 3.63) is 104 Å². The number of hydrogen-bond acceptors (Lipinski definition) is 6. The fraction of sp³-hybridized carbons (Fsp3) is 0.0476. The van der Waals surface area contributed by atoms with Crippen molar-refractivity contribution >= 4 is 34.4 Å². The average molecular weight is 402 g/mol. The molecular weight excluding hydrogens is 388 g/mol. The van der Waals surface area contributed by atoms with E-state index in [2.05, 4.69) is 10.3 Å². The Bertz CT molecular complexity index is 1190. The molecule has 0 radical (unpaired) electrons. The summed E-state index contributed by atoms with van der Waals surface area (Å²) in [4.78, 5) is 38.5. The zero-order valence-corrected chi connectivity index (χ0v) is 15.4. The molecule has 9 nitrogen and oxygen atoms in total. The maximum Gasteiger partial charge on any atom is 0.269 e. The van der Waals surface area contributed by atoms with Gasteiger partial charge in [-0.15, -0.1) is 0 Å². The Kier molecular flexibility index (Phi) is 4.77. The van der Waals surface area contributed by atoms with Crippen LogP contribution in [0.1, 0.15) is 17.0 Å². The number of nitrogens with zero attached hydrogens (tertiary/aromatic N) is 3. The molecule has 0 bridgehead atoms. The molecule has 1 N–H and O–H groups in total. The van der Waals surface area contributed by atoms with Crippen LogP contribution in [-0.2, 0) is 4.79 Å². The molecule has 1 heterocycles. The fourth-order valence-electron chi connectivity index (χ4n) is 3.33. The fourth-order valence-corrected chi connectivity index (χ4v) is 3.33. The lowest BCUT2D eigenvalue weighted by Gasteiger charge is -2.14. The molecule has 30 heavy (non-hydrogen) atoms. The lowest BCUT2D eigenvalue weighted by molar-refractivity contribution is -0.385. The summed E-state index contributed by atoms with van der Waals surface area (Å²) < 4.78 is 0. The molecule has 3 aromatic rings. The van der Waals surface area contributed by atoms with Gasteiger partial charge < -0.3 is 5.32 Å². The molecule has 4 rings (SSSR count). The van der Waals surface area contributed by atoms with Crippen molar-refractivity contribution < 1.29 is 14.6 Å². The van der Waals surface area contributed by atoms with E-state index in [4.69, 9.17) is 0 Å². The number of hydrogen-bond donors (Lipinski definition) is 1. The highest BCUT2D eigenvalue weighted by atomic mass is 16.6. The molecular formula is C21H14N4O5. The van der Waals surface area contributed by atoms with Gasteiger partial charge in [-0.05, 0) is 23.8 Å². The number of carbonyl (C=O) groups excluding carboxylic acids is 1. The molecule has 0 spiro atoms. The molecule has 1 atom stereocenters. The summed E-state index contributed by atoms with van der Waals surface area (Å²) in [6.45, 7) is 0. The van der Waals surface area contributed by atoms with Crippen LogP contribution in [0.15, 0.2) is 77.8 Å². The van der Waals surface area contributed by atoms with Gasteiger partial charge in [0.2, 0.25) is 5.91 Å². The predicted octanol–water partition coefficient (Wildman–Crippen LogP) is 4.36. The molecule has 0 aliphatic carbocycles. The number of aliphatic imine (C=N–C) groups is 1. The van der Waals surface area contributed by atoms with E-state index >= 15 is 0 Å². The Labute approximate surface area is 170 Å². The number of carbonyl (C=O) groups is 1. The molecule has 0 saturated carbocycles. The molecule has 1 aliphatic rings. The minimum absolute atomic E-state index is 0.0743. The van der Waals surface area contributed by atoms with Gasteiger partial charge >= 0.3 is 0 Å². The van der Waals surface area contributed by atoms with Crippen molar-refractivity contribution in [1.29, 1.82) is 0 Å². The number of fused-ring (bicyclic) bond motifs is 1. The number of anilines is 1. The van der Waals surface area contributed by atoms with Crippen LogP contribution in [0.3, 0.4) is 0 Å². The first-order valence-electron chi connectivity index (χ1n) is 8.91. The molecule has 1 aliphatic heterocycles. The standard InChI is InChI=1S/C21H14N4O5/c26-21-19(17-12-16(25(29)30)10-11-18(17)23-21)20(13-4-2-1-3-5-13)22-14-6-8-15(9-7-14)24(27)28/h1-12,19H,(H,23,26). The van der Waals surface area contributed by atoms with Crippen LogP contribution in [-0.4, -0.2) is 21.5 Å². The molecule has 0 saturated heterocycles. The molecule has 1 amide bonds. The summed E-state index contributed by atoms with van der Waals surface area (Å²) in [5.74, 6) is -1.22. The zero-order valence-electron chi connectivity index (χ0n) is 15.4. The number of nitrogens with one attached hydrogen (secondary N) is 1. The lowest BCUT2D eigenvalue weighted by atomic mass is 9.90. The average Bonchev–Trinajstić information content (AvgIpc) is 3.07. The topological polar surface area (TPSA) is 128 Å². The Morgan fingerprint density at radius 2 is 1.50 bits per heavy atom. The van der Waals surface area contributed by atoms with Gasteiger partial charge in [-0.2, -0.15) is 0 Å². The van der Waals surface area contributed by atoms with Crippen LogP contribution in [0, 0.1) is 20.2 Å². The Balaban J connectivity index is 1.86. The maximum absolute atomic E-state index is 12.8. The van der Waals surface area contributed by atoms with Gasteiger partial charge in [0, 0.05) is 35.5 Å². The Morgan fingerprint density at radius 1 is 0.867 bits per heavy atom. The van der Waals surface area contributed by atoms with E-state index in [1.165, 1.54) is 42.5 Å². The second-order valence-corrected chi connectivity index (χ2v) is 6.59. The number of rotatable bonds is 5. The largest absolute Gasteiger partial charge is 0.325 e. The van der Waals surface area contributed by atoms with Crippen molar-refractivity contribution in [3.63, 3.8) is 0 Å². The Morgan fingerprint density at radius 3 is 2.13 bits per heavy atom. The monoisotopic (exact) mass is 402 g/mol. The third-order valence-electron chi connectivity index (χ3n) is 4.73. The number of nitro benzene ring substituents is 2. The van der Waals surface area contributed by atoms with Gasteiger partial charge in [0.1, 0.15) is 5.92 Å². The number of non-ortho nitro benzene ring substituents is 2. The van der Waals surface area contributed by atoms with Crippen LogP contribution < -0.4 is 5.32 Å². The predicted molar refractivity (Wildman–Crippen MR) is 110 cm³/mol.